The van der Waals surface area contributed by atoms with Gasteiger partial charge in [0.2, 0.25) is 0 Å². The van der Waals surface area contributed by atoms with Crippen molar-refractivity contribution in [2.24, 2.45) is 0 Å². The van der Waals surface area contributed by atoms with Crippen LogP contribution in [0.15, 0.2) is 42.5 Å². The zero-order valence-electron chi connectivity index (χ0n) is 13.0. The standard InChI is InChI=1S/C20H21N/c1-5-16-8-11-18-19(14-16)21(13-12-20(18,3)4)17-9-6-15(2)7-10-17/h1,6-11,14H,12-13H2,2-4H3. The van der Waals surface area contributed by atoms with Crippen LogP contribution in [-0.2, 0) is 5.41 Å². The van der Waals surface area contributed by atoms with E-state index in [4.69, 9.17) is 6.42 Å². The summed E-state index contributed by atoms with van der Waals surface area (Å²) in [5, 5.41) is 0. The summed E-state index contributed by atoms with van der Waals surface area (Å²) in [5.41, 5.74) is 6.31. The van der Waals surface area contributed by atoms with Crippen molar-refractivity contribution < 1.29 is 0 Å². The van der Waals surface area contributed by atoms with Crippen molar-refractivity contribution in [3.8, 4) is 12.3 Å². The Balaban J connectivity index is 2.13. The summed E-state index contributed by atoms with van der Waals surface area (Å²) in [5.74, 6) is 2.76. The first kappa shape index (κ1) is 13.8. The number of nitrogens with zero attached hydrogens (tertiary/aromatic N) is 1. The molecule has 0 saturated carbocycles. The molecule has 1 aliphatic rings. The second-order valence-corrected chi connectivity index (χ2v) is 6.50. The number of benzene rings is 2. The summed E-state index contributed by atoms with van der Waals surface area (Å²) in [6.45, 7) is 7.77. The smallest absolute Gasteiger partial charge is 0.0461 e. The van der Waals surface area contributed by atoms with Crippen LogP contribution in [0.5, 0.6) is 0 Å². The van der Waals surface area contributed by atoms with Crippen molar-refractivity contribution in [3.63, 3.8) is 0 Å². The Kier molecular flexibility index (Phi) is 3.26. The molecular formula is C20H21N. The number of fused-ring (bicyclic) bond motifs is 1. The molecule has 0 N–H and O–H groups in total. The maximum atomic E-state index is 5.59. The lowest BCUT2D eigenvalue weighted by Gasteiger charge is -2.40. The van der Waals surface area contributed by atoms with Crippen molar-refractivity contribution in [3.05, 3.63) is 59.2 Å². The molecule has 0 fully saturated rings. The first-order valence-electron chi connectivity index (χ1n) is 7.47. The van der Waals surface area contributed by atoms with Gasteiger partial charge in [-0.1, -0.05) is 43.5 Å². The third-order valence-electron chi connectivity index (χ3n) is 4.49. The number of aryl methyl sites for hydroxylation is 1. The molecule has 0 radical (unpaired) electrons. The third kappa shape index (κ3) is 2.43. The molecule has 1 heterocycles. The molecule has 0 spiro atoms. The molecule has 21 heavy (non-hydrogen) atoms. The van der Waals surface area contributed by atoms with E-state index in [1.165, 1.54) is 22.5 Å². The van der Waals surface area contributed by atoms with E-state index in [2.05, 4.69) is 74.1 Å². The Morgan fingerprint density at radius 3 is 2.48 bits per heavy atom. The summed E-state index contributed by atoms with van der Waals surface area (Å²) >= 11 is 0. The van der Waals surface area contributed by atoms with Gasteiger partial charge in [0, 0.05) is 23.5 Å². The van der Waals surface area contributed by atoms with E-state index in [0.717, 1.165) is 18.5 Å². The normalized spacial score (nSPS) is 16.2. The minimum atomic E-state index is 0.198. The predicted molar refractivity (Wildman–Crippen MR) is 90.2 cm³/mol. The van der Waals surface area contributed by atoms with Crippen molar-refractivity contribution >= 4 is 11.4 Å². The molecule has 0 aliphatic carbocycles. The lowest BCUT2D eigenvalue weighted by atomic mass is 9.77. The Hall–Kier alpha value is -2.20. The Morgan fingerprint density at radius 2 is 1.81 bits per heavy atom. The second-order valence-electron chi connectivity index (χ2n) is 6.50. The molecular weight excluding hydrogens is 254 g/mol. The van der Waals surface area contributed by atoms with E-state index in [0.29, 0.717) is 0 Å². The molecule has 1 aliphatic heterocycles. The number of rotatable bonds is 1. The van der Waals surface area contributed by atoms with Gasteiger partial charge in [0.05, 0.1) is 0 Å². The fourth-order valence-corrected chi connectivity index (χ4v) is 3.06. The highest BCUT2D eigenvalue weighted by Gasteiger charge is 2.31. The van der Waals surface area contributed by atoms with Gasteiger partial charge in [0.15, 0.2) is 0 Å². The van der Waals surface area contributed by atoms with Gasteiger partial charge in [-0.15, -0.1) is 6.42 Å². The van der Waals surface area contributed by atoms with E-state index >= 15 is 0 Å². The molecule has 2 aromatic rings. The van der Waals surface area contributed by atoms with Gasteiger partial charge in [-0.3, -0.25) is 0 Å². The fourth-order valence-electron chi connectivity index (χ4n) is 3.06. The highest BCUT2D eigenvalue weighted by Crippen LogP contribution is 2.43. The van der Waals surface area contributed by atoms with E-state index in [1.54, 1.807) is 0 Å². The van der Waals surface area contributed by atoms with Crippen LogP contribution in [0.3, 0.4) is 0 Å². The van der Waals surface area contributed by atoms with Gasteiger partial charge >= 0.3 is 0 Å². The molecule has 0 unspecified atom stereocenters. The van der Waals surface area contributed by atoms with Crippen molar-refractivity contribution in [2.75, 3.05) is 11.4 Å². The Morgan fingerprint density at radius 1 is 1.10 bits per heavy atom. The van der Waals surface area contributed by atoms with E-state index < -0.39 is 0 Å². The Bertz CT molecular complexity index is 702. The fraction of sp³-hybridized carbons (Fsp3) is 0.300. The largest absolute Gasteiger partial charge is 0.341 e. The van der Waals surface area contributed by atoms with Gasteiger partial charge in [0.1, 0.15) is 0 Å². The first-order valence-corrected chi connectivity index (χ1v) is 7.47. The number of hydrogen-bond donors (Lipinski definition) is 0. The van der Waals surface area contributed by atoms with Gasteiger partial charge in [0.25, 0.3) is 0 Å². The molecule has 0 aromatic heterocycles. The van der Waals surface area contributed by atoms with E-state index in [9.17, 15) is 0 Å². The highest BCUT2D eigenvalue weighted by molar-refractivity contribution is 5.71. The van der Waals surface area contributed by atoms with Gasteiger partial charge < -0.3 is 4.90 Å². The van der Waals surface area contributed by atoms with Crippen LogP contribution in [-0.4, -0.2) is 6.54 Å². The van der Waals surface area contributed by atoms with Crippen LogP contribution in [0.25, 0.3) is 0 Å². The van der Waals surface area contributed by atoms with Gasteiger partial charge in [-0.25, -0.2) is 0 Å². The maximum Gasteiger partial charge on any atom is 0.0461 e. The van der Waals surface area contributed by atoms with Crippen LogP contribution in [0.2, 0.25) is 0 Å². The van der Waals surface area contributed by atoms with E-state index in [-0.39, 0.29) is 5.41 Å². The molecule has 106 valence electrons. The van der Waals surface area contributed by atoms with Crippen molar-refractivity contribution in [2.45, 2.75) is 32.6 Å². The van der Waals surface area contributed by atoms with Crippen LogP contribution in [0.1, 0.15) is 37.0 Å². The second kappa shape index (κ2) is 4.97. The number of terminal acetylenes is 1. The lowest BCUT2D eigenvalue weighted by molar-refractivity contribution is 0.467. The number of hydrogen-bond acceptors (Lipinski definition) is 1. The minimum Gasteiger partial charge on any atom is -0.341 e. The zero-order chi connectivity index (χ0) is 15.0. The summed E-state index contributed by atoms with van der Waals surface area (Å²) in [6, 6.07) is 15.1. The van der Waals surface area contributed by atoms with E-state index in [1.807, 2.05) is 0 Å². The predicted octanol–water partition coefficient (Wildman–Crippen LogP) is 4.80. The summed E-state index contributed by atoms with van der Waals surface area (Å²) in [4.78, 5) is 2.39. The molecule has 1 heteroatoms. The first-order chi connectivity index (χ1) is 10.0. The van der Waals surface area contributed by atoms with Crippen molar-refractivity contribution in [1.29, 1.82) is 0 Å². The average Bonchev–Trinajstić information content (AvgIpc) is 2.48. The minimum absolute atomic E-state index is 0.198. The molecule has 0 amide bonds. The van der Waals surface area contributed by atoms with Crippen LogP contribution < -0.4 is 4.90 Å². The third-order valence-corrected chi connectivity index (χ3v) is 4.49. The molecule has 0 saturated heterocycles. The summed E-state index contributed by atoms with van der Waals surface area (Å²) in [6.07, 6.45) is 6.73. The summed E-state index contributed by atoms with van der Waals surface area (Å²) in [7, 11) is 0. The highest BCUT2D eigenvalue weighted by atomic mass is 15.1. The lowest BCUT2D eigenvalue weighted by Crippen LogP contribution is -2.34. The van der Waals surface area contributed by atoms with Gasteiger partial charge in [-0.05, 0) is 48.6 Å². The van der Waals surface area contributed by atoms with Crippen molar-refractivity contribution in [1.82, 2.24) is 0 Å². The van der Waals surface area contributed by atoms with Crippen LogP contribution >= 0.6 is 0 Å². The zero-order valence-corrected chi connectivity index (χ0v) is 13.0. The molecule has 2 aromatic carbocycles. The number of anilines is 2. The van der Waals surface area contributed by atoms with Crippen LogP contribution in [0.4, 0.5) is 11.4 Å². The molecule has 0 atom stereocenters. The van der Waals surface area contributed by atoms with Gasteiger partial charge in [-0.2, -0.15) is 0 Å². The van der Waals surface area contributed by atoms with Crippen LogP contribution in [0, 0.1) is 19.3 Å². The molecule has 1 nitrogen and oxygen atoms in total. The average molecular weight is 275 g/mol. The summed E-state index contributed by atoms with van der Waals surface area (Å²) < 4.78 is 0. The SMILES string of the molecule is C#Cc1ccc2c(c1)N(c1ccc(C)cc1)CCC2(C)C. The topological polar surface area (TPSA) is 3.24 Å². The quantitative estimate of drug-likeness (QED) is 0.676. The monoisotopic (exact) mass is 275 g/mol. The molecule has 0 bridgehead atoms. The molecule has 3 rings (SSSR count). The Labute approximate surface area is 127 Å². The maximum absolute atomic E-state index is 5.59.